The van der Waals surface area contributed by atoms with E-state index < -0.39 is 0 Å². The van der Waals surface area contributed by atoms with Crippen molar-refractivity contribution in [2.24, 2.45) is 13.0 Å². The molecular weight excluding hydrogens is 206 g/mol. The lowest BCUT2D eigenvalue weighted by molar-refractivity contribution is 0.0291. The molecule has 2 unspecified atom stereocenters. The average molecular weight is 223 g/mol. The molecule has 1 aromatic rings. The van der Waals surface area contributed by atoms with E-state index in [4.69, 9.17) is 0 Å². The number of aliphatic hydroxyl groups is 1. The third-order valence-corrected chi connectivity index (χ3v) is 3.19. The van der Waals surface area contributed by atoms with E-state index in [9.17, 15) is 9.90 Å². The number of aryl methyl sites for hydroxylation is 1. The number of aromatic nitrogens is 2. The summed E-state index contributed by atoms with van der Waals surface area (Å²) in [5.74, 6) is 0.143. The van der Waals surface area contributed by atoms with Crippen LogP contribution in [0.2, 0.25) is 0 Å². The van der Waals surface area contributed by atoms with Crippen molar-refractivity contribution in [1.82, 2.24) is 14.7 Å². The largest absolute Gasteiger partial charge is 0.393 e. The number of hydrogen-bond acceptors (Lipinski definition) is 3. The molecule has 1 N–H and O–H groups in total. The van der Waals surface area contributed by atoms with Crippen LogP contribution in [-0.4, -0.2) is 44.9 Å². The Bertz CT molecular complexity index is 388. The lowest BCUT2D eigenvalue weighted by Crippen LogP contribution is -2.45. The molecule has 0 bridgehead atoms. The molecule has 1 aliphatic heterocycles. The first-order chi connectivity index (χ1) is 7.59. The lowest BCUT2D eigenvalue weighted by atomic mass is 9.96. The number of likely N-dealkylation sites (tertiary alicyclic amines) is 1. The maximum absolute atomic E-state index is 12.1. The topological polar surface area (TPSA) is 58.4 Å². The second-order valence-corrected chi connectivity index (χ2v) is 4.42. The first kappa shape index (κ1) is 11.1. The van der Waals surface area contributed by atoms with Crippen molar-refractivity contribution in [2.45, 2.75) is 19.4 Å². The number of nitrogens with zero attached hydrogens (tertiary/aromatic N) is 3. The number of amides is 1. The number of piperidine rings is 1. The van der Waals surface area contributed by atoms with Crippen LogP contribution in [-0.2, 0) is 7.05 Å². The zero-order valence-electron chi connectivity index (χ0n) is 9.63. The van der Waals surface area contributed by atoms with E-state index in [-0.39, 0.29) is 17.9 Å². The van der Waals surface area contributed by atoms with Crippen LogP contribution >= 0.6 is 0 Å². The fraction of sp³-hybridized carbons (Fsp3) is 0.636. The molecule has 5 heteroatoms. The number of carbonyl (C=O) groups excluding carboxylic acids is 1. The van der Waals surface area contributed by atoms with Crippen LogP contribution in [0.3, 0.4) is 0 Å². The van der Waals surface area contributed by atoms with Gasteiger partial charge >= 0.3 is 0 Å². The summed E-state index contributed by atoms with van der Waals surface area (Å²) < 4.78 is 1.58. The van der Waals surface area contributed by atoms with Gasteiger partial charge in [0.2, 0.25) is 0 Å². The van der Waals surface area contributed by atoms with E-state index in [2.05, 4.69) is 5.10 Å². The quantitative estimate of drug-likeness (QED) is 0.743. The summed E-state index contributed by atoms with van der Waals surface area (Å²) in [6, 6.07) is 1.72. The molecule has 16 heavy (non-hydrogen) atoms. The second kappa shape index (κ2) is 4.25. The standard InChI is InChI=1S/C11H17N3O2/c1-8-7-14(6-4-10(8)15)11(16)9-3-5-12-13(9)2/h3,5,8,10,15H,4,6-7H2,1-2H3. The third-order valence-electron chi connectivity index (χ3n) is 3.19. The Morgan fingerprint density at radius 1 is 1.62 bits per heavy atom. The highest BCUT2D eigenvalue weighted by Gasteiger charge is 2.28. The molecule has 0 saturated carbocycles. The Balaban J connectivity index is 2.09. The molecule has 1 fully saturated rings. The summed E-state index contributed by atoms with van der Waals surface area (Å²) in [6.07, 6.45) is 2.00. The highest BCUT2D eigenvalue weighted by Crippen LogP contribution is 2.18. The Kier molecular flexibility index (Phi) is 2.96. The number of aliphatic hydroxyl groups excluding tert-OH is 1. The van der Waals surface area contributed by atoms with Gasteiger partial charge in [-0.05, 0) is 18.4 Å². The Morgan fingerprint density at radius 2 is 2.38 bits per heavy atom. The van der Waals surface area contributed by atoms with Crippen molar-refractivity contribution in [3.63, 3.8) is 0 Å². The molecule has 2 atom stereocenters. The van der Waals surface area contributed by atoms with Crippen LogP contribution in [0, 0.1) is 5.92 Å². The number of hydrogen-bond donors (Lipinski definition) is 1. The van der Waals surface area contributed by atoms with Crippen LogP contribution in [0.1, 0.15) is 23.8 Å². The van der Waals surface area contributed by atoms with Crippen molar-refractivity contribution >= 4 is 5.91 Å². The zero-order valence-corrected chi connectivity index (χ0v) is 9.63. The maximum atomic E-state index is 12.1. The highest BCUT2D eigenvalue weighted by atomic mass is 16.3. The van der Waals surface area contributed by atoms with E-state index in [0.717, 1.165) is 0 Å². The summed E-state index contributed by atoms with van der Waals surface area (Å²) in [7, 11) is 1.76. The third kappa shape index (κ3) is 1.95. The van der Waals surface area contributed by atoms with E-state index in [1.807, 2.05) is 6.92 Å². The van der Waals surface area contributed by atoms with Crippen LogP contribution < -0.4 is 0 Å². The van der Waals surface area contributed by atoms with Gasteiger partial charge in [-0.25, -0.2) is 0 Å². The minimum atomic E-state index is -0.282. The van der Waals surface area contributed by atoms with E-state index in [1.165, 1.54) is 0 Å². The smallest absolute Gasteiger partial charge is 0.272 e. The van der Waals surface area contributed by atoms with Gasteiger partial charge < -0.3 is 10.0 Å². The minimum absolute atomic E-state index is 0.00116. The zero-order chi connectivity index (χ0) is 11.7. The van der Waals surface area contributed by atoms with Crippen molar-refractivity contribution in [2.75, 3.05) is 13.1 Å². The van der Waals surface area contributed by atoms with Crippen molar-refractivity contribution in [3.05, 3.63) is 18.0 Å². The predicted octanol–water partition coefficient (Wildman–Crippen LogP) is 0.263. The normalized spacial score (nSPS) is 25.8. The Labute approximate surface area is 94.7 Å². The molecule has 88 valence electrons. The molecule has 2 rings (SSSR count). The Morgan fingerprint density at radius 3 is 2.94 bits per heavy atom. The molecule has 1 amide bonds. The molecule has 2 heterocycles. The fourth-order valence-electron chi connectivity index (χ4n) is 2.06. The van der Waals surface area contributed by atoms with Gasteiger partial charge in [0.05, 0.1) is 6.10 Å². The highest BCUT2D eigenvalue weighted by molar-refractivity contribution is 5.92. The lowest BCUT2D eigenvalue weighted by Gasteiger charge is -2.34. The molecule has 0 radical (unpaired) electrons. The monoisotopic (exact) mass is 223 g/mol. The molecular formula is C11H17N3O2. The van der Waals surface area contributed by atoms with Crippen molar-refractivity contribution < 1.29 is 9.90 Å². The van der Waals surface area contributed by atoms with Crippen LogP contribution in [0.15, 0.2) is 12.3 Å². The van der Waals surface area contributed by atoms with E-state index >= 15 is 0 Å². The summed E-state index contributed by atoms with van der Waals surface area (Å²) in [4.78, 5) is 13.9. The second-order valence-electron chi connectivity index (χ2n) is 4.42. The summed E-state index contributed by atoms with van der Waals surface area (Å²) in [5, 5.41) is 13.6. The number of rotatable bonds is 1. The van der Waals surface area contributed by atoms with Gasteiger partial charge in [0.15, 0.2) is 0 Å². The van der Waals surface area contributed by atoms with Crippen LogP contribution in [0.4, 0.5) is 0 Å². The van der Waals surface area contributed by atoms with Gasteiger partial charge in [0.1, 0.15) is 5.69 Å². The summed E-state index contributed by atoms with van der Waals surface area (Å²) in [6.45, 7) is 3.20. The molecule has 1 aromatic heterocycles. The average Bonchev–Trinajstić information content (AvgIpc) is 2.67. The van der Waals surface area contributed by atoms with Gasteiger partial charge in [0.25, 0.3) is 5.91 Å². The molecule has 0 spiro atoms. The van der Waals surface area contributed by atoms with Gasteiger partial charge in [0, 0.05) is 26.3 Å². The first-order valence-corrected chi connectivity index (χ1v) is 5.55. The molecule has 5 nitrogen and oxygen atoms in total. The van der Waals surface area contributed by atoms with Gasteiger partial charge in [-0.2, -0.15) is 5.10 Å². The van der Waals surface area contributed by atoms with E-state index in [1.54, 1.807) is 28.9 Å². The minimum Gasteiger partial charge on any atom is -0.393 e. The molecule has 0 aliphatic carbocycles. The maximum Gasteiger partial charge on any atom is 0.272 e. The number of carbonyl (C=O) groups is 1. The van der Waals surface area contributed by atoms with Gasteiger partial charge in [-0.1, -0.05) is 6.92 Å². The van der Waals surface area contributed by atoms with E-state index in [0.29, 0.717) is 25.2 Å². The van der Waals surface area contributed by atoms with Crippen LogP contribution in [0.5, 0.6) is 0 Å². The van der Waals surface area contributed by atoms with Gasteiger partial charge in [-0.15, -0.1) is 0 Å². The Hall–Kier alpha value is -1.36. The first-order valence-electron chi connectivity index (χ1n) is 5.55. The van der Waals surface area contributed by atoms with Crippen molar-refractivity contribution in [1.29, 1.82) is 0 Å². The SMILES string of the molecule is CC1CN(C(=O)c2ccnn2C)CCC1O. The fourth-order valence-corrected chi connectivity index (χ4v) is 2.06. The molecule has 0 aromatic carbocycles. The van der Waals surface area contributed by atoms with Crippen LogP contribution in [0.25, 0.3) is 0 Å². The van der Waals surface area contributed by atoms with Gasteiger partial charge in [-0.3, -0.25) is 9.48 Å². The predicted molar refractivity (Wildman–Crippen MR) is 58.9 cm³/mol. The summed E-state index contributed by atoms with van der Waals surface area (Å²) >= 11 is 0. The van der Waals surface area contributed by atoms with Crippen molar-refractivity contribution in [3.8, 4) is 0 Å². The summed E-state index contributed by atoms with van der Waals surface area (Å²) in [5.41, 5.74) is 0.601. The molecule has 1 aliphatic rings. The molecule has 1 saturated heterocycles.